The number of aliphatic hydroxyl groups excluding tert-OH is 1. The van der Waals surface area contributed by atoms with E-state index < -0.39 is 17.7 Å². The molecule has 0 unspecified atom stereocenters. The van der Waals surface area contributed by atoms with Gasteiger partial charge in [-0.25, -0.2) is 0 Å². The summed E-state index contributed by atoms with van der Waals surface area (Å²) in [5, 5.41) is 11.3. The molecule has 1 aromatic heterocycles. The summed E-state index contributed by atoms with van der Waals surface area (Å²) in [7, 11) is 1.57. The number of amides is 1. The Morgan fingerprint density at radius 1 is 1.09 bits per heavy atom. The number of carbonyl (C=O) groups is 2. The lowest BCUT2D eigenvalue weighted by molar-refractivity contribution is -0.140. The van der Waals surface area contributed by atoms with E-state index in [2.05, 4.69) is 11.9 Å². The molecule has 3 aromatic rings. The molecule has 0 saturated carbocycles. The zero-order chi connectivity index (χ0) is 23.5. The molecule has 6 nitrogen and oxygen atoms in total. The molecule has 1 fully saturated rings. The Bertz CT molecular complexity index is 1220. The zero-order valence-electron chi connectivity index (χ0n) is 18.9. The number of rotatable bonds is 6. The summed E-state index contributed by atoms with van der Waals surface area (Å²) in [5.74, 6) is -0.883. The van der Waals surface area contributed by atoms with Crippen LogP contribution >= 0.6 is 0 Å². The molecule has 0 spiro atoms. The zero-order valence-corrected chi connectivity index (χ0v) is 18.9. The second-order valence-electron chi connectivity index (χ2n) is 8.06. The van der Waals surface area contributed by atoms with Crippen molar-refractivity contribution in [1.82, 2.24) is 9.88 Å². The largest absolute Gasteiger partial charge is 0.507 e. The van der Waals surface area contributed by atoms with Gasteiger partial charge in [0, 0.05) is 24.5 Å². The first-order valence-electron chi connectivity index (χ1n) is 10.9. The van der Waals surface area contributed by atoms with E-state index in [1.54, 1.807) is 43.8 Å². The number of nitrogens with zero attached hydrogens (tertiary/aromatic N) is 2. The number of aromatic nitrogens is 1. The summed E-state index contributed by atoms with van der Waals surface area (Å²) in [6.45, 7) is 4.10. The maximum atomic E-state index is 13.2. The van der Waals surface area contributed by atoms with Crippen LogP contribution in [0.1, 0.15) is 40.8 Å². The lowest BCUT2D eigenvalue weighted by Crippen LogP contribution is -2.29. The highest BCUT2D eigenvalue weighted by molar-refractivity contribution is 6.46. The number of carbonyl (C=O) groups excluding carboxylic acids is 2. The van der Waals surface area contributed by atoms with Gasteiger partial charge in [-0.2, -0.15) is 0 Å². The topological polar surface area (TPSA) is 79.7 Å². The van der Waals surface area contributed by atoms with Crippen LogP contribution in [0.2, 0.25) is 0 Å². The molecule has 1 atom stereocenters. The average Bonchev–Trinajstić information content (AvgIpc) is 3.09. The van der Waals surface area contributed by atoms with E-state index >= 15 is 0 Å². The van der Waals surface area contributed by atoms with Crippen LogP contribution < -0.4 is 4.74 Å². The minimum absolute atomic E-state index is 0.0846. The third-order valence-electron chi connectivity index (χ3n) is 6.01. The highest BCUT2D eigenvalue weighted by atomic mass is 16.5. The van der Waals surface area contributed by atoms with Crippen LogP contribution in [0.15, 0.2) is 72.6 Å². The number of ether oxygens (including phenoxy) is 1. The molecule has 33 heavy (non-hydrogen) atoms. The number of methoxy groups -OCH3 is 1. The van der Waals surface area contributed by atoms with Crippen molar-refractivity contribution in [3.8, 4) is 5.75 Å². The SMILES string of the molecule is CCc1ccc([C@@H]2/C(=C(\O)c3ccc(OC)cc3C)C(=O)C(=O)N2Cc2cccnc2)cc1. The summed E-state index contributed by atoms with van der Waals surface area (Å²) < 4.78 is 5.26. The fourth-order valence-electron chi connectivity index (χ4n) is 4.19. The predicted molar refractivity (Wildman–Crippen MR) is 126 cm³/mol. The first kappa shape index (κ1) is 22.3. The van der Waals surface area contributed by atoms with Gasteiger partial charge in [0.2, 0.25) is 0 Å². The molecule has 168 valence electrons. The van der Waals surface area contributed by atoms with Crippen molar-refractivity contribution in [2.45, 2.75) is 32.9 Å². The molecule has 2 aromatic carbocycles. The maximum Gasteiger partial charge on any atom is 0.295 e. The number of ketones is 1. The number of benzene rings is 2. The van der Waals surface area contributed by atoms with E-state index in [1.165, 1.54) is 4.90 Å². The summed E-state index contributed by atoms with van der Waals surface area (Å²) >= 11 is 0. The van der Waals surface area contributed by atoms with Crippen molar-refractivity contribution in [3.05, 3.63) is 100 Å². The normalized spacial score (nSPS) is 17.4. The summed E-state index contributed by atoms with van der Waals surface area (Å²) in [6.07, 6.45) is 4.20. The van der Waals surface area contributed by atoms with Crippen molar-refractivity contribution < 1.29 is 19.4 Å². The molecule has 2 heterocycles. The van der Waals surface area contributed by atoms with Gasteiger partial charge in [-0.15, -0.1) is 0 Å². The van der Waals surface area contributed by atoms with Gasteiger partial charge in [0.1, 0.15) is 11.5 Å². The fourth-order valence-corrected chi connectivity index (χ4v) is 4.19. The van der Waals surface area contributed by atoms with E-state index in [0.717, 1.165) is 28.7 Å². The van der Waals surface area contributed by atoms with E-state index in [1.807, 2.05) is 37.3 Å². The molecule has 6 heteroatoms. The molecule has 4 rings (SSSR count). The third-order valence-corrected chi connectivity index (χ3v) is 6.01. The second-order valence-corrected chi connectivity index (χ2v) is 8.06. The first-order valence-corrected chi connectivity index (χ1v) is 10.9. The Morgan fingerprint density at radius 2 is 1.85 bits per heavy atom. The van der Waals surface area contributed by atoms with Crippen molar-refractivity contribution in [1.29, 1.82) is 0 Å². The van der Waals surface area contributed by atoms with Crippen molar-refractivity contribution >= 4 is 17.4 Å². The van der Waals surface area contributed by atoms with Crippen molar-refractivity contribution in [2.24, 2.45) is 0 Å². The standard InChI is InChI=1S/C27H26N2O4/c1-4-18-7-9-20(10-8-18)24-23(25(30)22-12-11-21(33-3)14-17(22)2)26(31)27(32)29(24)16-19-6-5-13-28-15-19/h5-15,24,30H,4,16H2,1-3H3/b25-23+/t24-/m1/s1. The molecular weight excluding hydrogens is 416 g/mol. The average molecular weight is 443 g/mol. The molecule has 0 aliphatic carbocycles. The summed E-state index contributed by atoms with van der Waals surface area (Å²) in [6, 6.07) is 15.9. The number of pyridine rings is 1. The van der Waals surface area contributed by atoms with Crippen LogP contribution in [0.3, 0.4) is 0 Å². The highest BCUT2D eigenvalue weighted by Gasteiger charge is 2.46. The third kappa shape index (κ3) is 4.24. The van der Waals surface area contributed by atoms with Gasteiger partial charge in [-0.3, -0.25) is 14.6 Å². The van der Waals surface area contributed by atoms with E-state index in [0.29, 0.717) is 11.3 Å². The molecule has 1 aliphatic rings. The number of hydrogen-bond acceptors (Lipinski definition) is 5. The second kappa shape index (κ2) is 9.28. The molecule has 0 bridgehead atoms. The number of aliphatic hydroxyl groups is 1. The Kier molecular flexibility index (Phi) is 6.27. The highest BCUT2D eigenvalue weighted by Crippen LogP contribution is 2.41. The minimum atomic E-state index is -0.711. The molecule has 1 N–H and O–H groups in total. The molecule has 0 radical (unpaired) electrons. The van der Waals surface area contributed by atoms with Gasteiger partial charge in [0.05, 0.1) is 18.7 Å². The van der Waals surface area contributed by atoms with Crippen LogP contribution in [0.25, 0.3) is 5.76 Å². The Hall–Kier alpha value is -3.93. The van der Waals surface area contributed by atoms with Gasteiger partial charge in [-0.05, 0) is 59.9 Å². The number of hydrogen-bond donors (Lipinski definition) is 1. The fraction of sp³-hybridized carbons (Fsp3) is 0.222. The molecule has 1 amide bonds. The number of aryl methyl sites for hydroxylation is 2. The van der Waals surface area contributed by atoms with Crippen LogP contribution in [-0.2, 0) is 22.6 Å². The molecular formula is C27H26N2O4. The first-order chi connectivity index (χ1) is 15.9. The molecule has 1 aliphatic heterocycles. The van der Waals surface area contributed by atoms with Gasteiger partial charge in [0.25, 0.3) is 11.7 Å². The van der Waals surface area contributed by atoms with Crippen LogP contribution in [0, 0.1) is 6.92 Å². The smallest absolute Gasteiger partial charge is 0.295 e. The minimum Gasteiger partial charge on any atom is -0.507 e. The van der Waals surface area contributed by atoms with Gasteiger partial charge in [-0.1, -0.05) is 37.3 Å². The Balaban J connectivity index is 1.87. The lowest BCUT2D eigenvalue weighted by atomic mass is 9.93. The quantitative estimate of drug-likeness (QED) is 0.343. The van der Waals surface area contributed by atoms with E-state index in [4.69, 9.17) is 4.74 Å². The Morgan fingerprint density at radius 3 is 2.45 bits per heavy atom. The Labute approximate surface area is 193 Å². The number of Topliss-reactive ketones (excluding diaryl/α,β-unsaturated/α-hetero) is 1. The lowest BCUT2D eigenvalue weighted by Gasteiger charge is -2.25. The van der Waals surface area contributed by atoms with E-state index in [-0.39, 0.29) is 17.9 Å². The van der Waals surface area contributed by atoms with Crippen molar-refractivity contribution in [3.63, 3.8) is 0 Å². The van der Waals surface area contributed by atoms with Gasteiger partial charge in [0.15, 0.2) is 0 Å². The maximum absolute atomic E-state index is 13.2. The summed E-state index contributed by atoms with van der Waals surface area (Å²) in [4.78, 5) is 32.0. The monoisotopic (exact) mass is 442 g/mol. The van der Waals surface area contributed by atoms with Crippen LogP contribution in [-0.4, -0.2) is 33.8 Å². The van der Waals surface area contributed by atoms with E-state index in [9.17, 15) is 14.7 Å². The van der Waals surface area contributed by atoms with Gasteiger partial charge < -0.3 is 14.7 Å². The van der Waals surface area contributed by atoms with Crippen molar-refractivity contribution in [2.75, 3.05) is 7.11 Å². The van der Waals surface area contributed by atoms with Crippen LogP contribution in [0.5, 0.6) is 5.75 Å². The molecule has 1 saturated heterocycles. The van der Waals surface area contributed by atoms with Gasteiger partial charge >= 0.3 is 0 Å². The van der Waals surface area contributed by atoms with Crippen LogP contribution in [0.4, 0.5) is 0 Å². The summed E-state index contributed by atoms with van der Waals surface area (Å²) in [5.41, 5.74) is 4.03. The predicted octanol–water partition coefficient (Wildman–Crippen LogP) is 4.58. The number of likely N-dealkylation sites (tertiary alicyclic amines) is 1.